The van der Waals surface area contributed by atoms with Gasteiger partial charge in [-0.05, 0) is 157 Å². The topological polar surface area (TPSA) is 30.9 Å². The van der Waals surface area contributed by atoms with Crippen molar-refractivity contribution in [1.29, 1.82) is 0 Å². The highest BCUT2D eigenvalue weighted by Gasteiger charge is 2.54. The summed E-state index contributed by atoms with van der Waals surface area (Å²) in [5.74, 6) is 6.70. The molecule has 0 aliphatic heterocycles. The molecule has 0 aromatic rings. The number of likely N-dealkylation sites (N-methyl/N-ethyl adjacent to an activating group) is 1. The molecular formula is C55H101NO3. The van der Waals surface area contributed by atoms with Gasteiger partial charge in [0.25, 0.3) is 0 Å². The third-order valence-corrected chi connectivity index (χ3v) is 16.3. The Morgan fingerprint density at radius 2 is 1.25 bits per heavy atom. The standard InChI is InChI=1S/C55H101NO3/c1-8-9-10-11-12-13-14-15-16-17-18-19-20-21-22-25-39-57-43-48(56(6)7)44-58-40-26-23-24-27-41-59-49-37-38-55(5)47(42-49)31-32-53-52-34-33-50(51(52)35-36-54(53)55)46(4)30-28-29-45(2)3/h15-16,31,45-46,48-54H,8-14,17-30,32-44H2,1-7H3/b16-15-/t46-,48+,49+,50-,51-,52?,53+,54?,55+/m1/s1. The Bertz CT molecular complexity index is 1120. The van der Waals surface area contributed by atoms with Crippen molar-refractivity contribution < 1.29 is 14.2 Å². The van der Waals surface area contributed by atoms with E-state index in [1.54, 1.807) is 5.57 Å². The number of ether oxygens (including phenoxy) is 3. The van der Waals surface area contributed by atoms with Crippen LogP contribution in [0.1, 0.15) is 221 Å². The zero-order valence-electron chi connectivity index (χ0n) is 40.6. The van der Waals surface area contributed by atoms with Gasteiger partial charge < -0.3 is 19.1 Å². The van der Waals surface area contributed by atoms with E-state index in [1.807, 2.05) is 0 Å². The van der Waals surface area contributed by atoms with E-state index < -0.39 is 0 Å². The first-order chi connectivity index (χ1) is 28.7. The Morgan fingerprint density at radius 1 is 0.661 bits per heavy atom. The quantitative estimate of drug-likeness (QED) is 0.0478. The van der Waals surface area contributed by atoms with Crippen molar-refractivity contribution in [2.24, 2.45) is 46.8 Å². The fourth-order valence-corrected chi connectivity index (χ4v) is 12.4. The second-order valence-corrected chi connectivity index (χ2v) is 21.5. The van der Waals surface area contributed by atoms with Gasteiger partial charge in [-0.2, -0.15) is 0 Å². The molecule has 2 unspecified atom stereocenters. The van der Waals surface area contributed by atoms with E-state index in [9.17, 15) is 0 Å². The van der Waals surface area contributed by atoms with Crippen LogP contribution in [-0.4, -0.2) is 64.2 Å². The molecule has 9 atom stereocenters. The molecule has 0 amide bonds. The van der Waals surface area contributed by atoms with Gasteiger partial charge >= 0.3 is 0 Å². The average molecular weight is 824 g/mol. The molecule has 4 aliphatic carbocycles. The van der Waals surface area contributed by atoms with Crippen LogP contribution in [0.5, 0.6) is 0 Å². The van der Waals surface area contributed by atoms with Gasteiger partial charge in [0.1, 0.15) is 0 Å². The third-order valence-electron chi connectivity index (χ3n) is 16.3. The lowest BCUT2D eigenvalue weighted by atomic mass is 9.50. The Hall–Kier alpha value is -0.680. The van der Waals surface area contributed by atoms with E-state index >= 15 is 0 Å². The number of nitrogens with zero attached hydrogens (tertiary/aromatic N) is 1. The first-order valence-electron chi connectivity index (χ1n) is 26.5. The van der Waals surface area contributed by atoms with Gasteiger partial charge in [0.15, 0.2) is 0 Å². The molecule has 3 saturated carbocycles. The number of hydrogen-bond donors (Lipinski definition) is 0. The van der Waals surface area contributed by atoms with Gasteiger partial charge in [-0.3, -0.25) is 0 Å². The van der Waals surface area contributed by atoms with Crippen molar-refractivity contribution in [2.45, 2.75) is 233 Å². The predicted molar refractivity (Wildman–Crippen MR) is 255 cm³/mol. The highest BCUT2D eigenvalue weighted by molar-refractivity contribution is 5.25. The third kappa shape index (κ3) is 18.1. The molecular weight excluding hydrogens is 723 g/mol. The average Bonchev–Trinajstić information content (AvgIpc) is 3.66. The second-order valence-electron chi connectivity index (χ2n) is 21.5. The zero-order chi connectivity index (χ0) is 42.1. The molecule has 4 aliphatic rings. The van der Waals surface area contributed by atoms with Gasteiger partial charge in [-0.1, -0.05) is 148 Å². The summed E-state index contributed by atoms with van der Waals surface area (Å²) in [5, 5.41) is 0. The van der Waals surface area contributed by atoms with Crippen LogP contribution in [0.15, 0.2) is 23.8 Å². The lowest BCUT2D eigenvalue weighted by molar-refractivity contribution is -0.0331. The lowest BCUT2D eigenvalue weighted by Crippen LogP contribution is -2.48. The number of allylic oxidation sites excluding steroid dienone is 3. The zero-order valence-corrected chi connectivity index (χ0v) is 40.6. The molecule has 0 spiro atoms. The second kappa shape index (κ2) is 29.6. The van der Waals surface area contributed by atoms with Crippen molar-refractivity contribution in [2.75, 3.05) is 47.1 Å². The van der Waals surface area contributed by atoms with E-state index in [2.05, 4.69) is 71.8 Å². The van der Waals surface area contributed by atoms with Crippen LogP contribution in [0.25, 0.3) is 0 Å². The molecule has 4 heteroatoms. The molecule has 344 valence electrons. The fourth-order valence-electron chi connectivity index (χ4n) is 12.4. The van der Waals surface area contributed by atoms with Crippen molar-refractivity contribution >= 4 is 0 Å². The minimum atomic E-state index is 0.336. The SMILES string of the molecule is CCCCCCCC/C=C\CCCCCCCCOC[C@@H](COCCCCCCO[C@H]1CC[C@@]2(C)C(=CC[C@H]3C4CC[C@H]([C@H](C)CCCC(C)C)[C@H]4CCC32)C1)N(C)C. The minimum Gasteiger partial charge on any atom is -0.380 e. The van der Waals surface area contributed by atoms with Crippen LogP contribution in [0.2, 0.25) is 0 Å². The maximum absolute atomic E-state index is 6.57. The Morgan fingerprint density at radius 3 is 1.88 bits per heavy atom. The molecule has 0 aromatic carbocycles. The maximum Gasteiger partial charge on any atom is 0.0644 e. The lowest BCUT2D eigenvalue weighted by Gasteiger charge is -2.55. The highest BCUT2D eigenvalue weighted by atomic mass is 16.5. The molecule has 0 aromatic heterocycles. The van der Waals surface area contributed by atoms with Crippen LogP contribution >= 0.6 is 0 Å². The molecule has 0 heterocycles. The monoisotopic (exact) mass is 824 g/mol. The molecule has 0 saturated heterocycles. The molecule has 3 fully saturated rings. The molecule has 4 rings (SSSR count). The van der Waals surface area contributed by atoms with Crippen LogP contribution < -0.4 is 0 Å². The summed E-state index contributed by atoms with van der Waals surface area (Å²) in [6.07, 6.45) is 47.2. The summed E-state index contributed by atoms with van der Waals surface area (Å²) in [5.41, 5.74) is 2.22. The van der Waals surface area contributed by atoms with E-state index in [-0.39, 0.29) is 0 Å². The summed E-state index contributed by atoms with van der Waals surface area (Å²) in [4.78, 5) is 2.26. The first kappa shape index (κ1) is 51.0. The van der Waals surface area contributed by atoms with Gasteiger partial charge in [-0.15, -0.1) is 0 Å². The summed E-state index contributed by atoms with van der Waals surface area (Å²) >= 11 is 0. The van der Waals surface area contributed by atoms with Crippen LogP contribution in [0, 0.1) is 46.8 Å². The highest BCUT2D eigenvalue weighted by Crippen LogP contribution is 2.63. The van der Waals surface area contributed by atoms with E-state index in [1.165, 1.54) is 180 Å². The van der Waals surface area contributed by atoms with E-state index in [0.717, 1.165) is 80.9 Å². The van der Waals surface area contributed by atoms with Crippen LogP contribution in [0.4, 0.5) is 0 Å². The van der Waals surface area contributed by atoms with Crippen LogP contribution in [-0.2, 0) is 14.2 Å². The molecule has 0 radical (unpaired) electrons. The Balaban J connectivity index is 0.960. The van der Waals surface area contributed by atoms with Gasteiger partial charge in [0, 0.05) is 19.8 Å². The summed E-state index contributed by atoms with van der Waals surface area (Å²) in [6, 6.07) is 0.336. The van der Waals surface area contributed by atoms with Crippen molar-refractivity contribution in [3.05, 3.63) is 23.8 Å². The molecule has 0 N–H and O–H groups in total. The summed E-state index contributed by atoms with van der Waals surface area (Å²) < 4.78 is 18.8. The normalized spacial score (nSPS) is 27.9. The smallest absolute Gasteiger partial charge is 0.0644 e. The number of rotatable bonds is 34. The molecule has 4 nitrogen and oxygen atoms in total. The fraction of sp³-hybridized carbons (Fsp3) is 0.927. The van der Waals surface area contributed by atoms with Crippen molar-refractivity contribution in [1.82, 2.24) is 4.90 Å². The largest absolute Gasteiger partial charge is 0.380 e. The van der Waals surface area contributed by atoms with Crippen molar-refractivity contribution in [3.8, 4) is 0 Å². The van der Waals surface area contributed by atoms with Crippen molar-refractivity contribution in [3.63, 3.8) is 0 Å². The van der Waals surface area contributed by atoms with E-state index in [0.29, 0.717) is 17.6 Å². The van der Waals surface area contributed by atoms with Gasteiger partial charge in [0.05, 0.1) is 25.4 Å². The molecule has 59 heavy (non-hydrogen) atoms. The molecule has 0 bridgehead atoms. The number of hydrogen-bond acceptors (Lipinski definition) is 4. The van der Waals surface area contributed by atoms with E-state index in [4.69, 9.17) is 14.2 Å². The maximum atomic E-state index is 6.57. The Labute approximate surface area is 368 Å². The Kier molecular flexibility index (Phi) is 25.6. The van der Waals surface area contributed by atoms with Crippen LogP contribution in [0.3, 0.4) is 0 Å². The van der Waals surface area contributed by atoms with Gasteiger partial charge in [-0.25, -0.2) is 0 Å². The summed E-state index contributed by atoms with van der Waals surface area (Å²) in [6.45, 7) is 16.6. The number of unbranched alkanes of at least 4 members (excludes halogenated alkanes) is 15. The number of fused-ring (bicyclic) bond motifs is 5. The minimum absolute atomic E-state index is 0.336. The first-order valence-corrected chi connectivity index (χ1v) is 26.5. The summed E-state index contributed by atoms with van der Waals surface area (Å²) in [7, 11) is 4.31. The van der Waals surface area contributed by atoms with Gasteiger partial charge in [0.2, 0.25) is 0 Å². The predicted octanol–water partition coefficient (Wildman–Crippen LogP) is 15.6.